The summed E-state index contributed by atoms with van der Waals surface area (Å²) >= 11 is 1.28. The summed E-state index contributed by atoms with van der Waals surface area (Å²) in [4.78, 5) is 16.9. The molecule has 0 unspecified atom stereocenters. The fourth-order valence-electron chi connectivity index (χ4n) is 2.11. The van der Waals surface area contributed by atoms with E-state index in [9.17, 15) is 13.6 Å². The number of hydrogen-bond acceptors (Lipinski definition) is 5. The standard InChI is InChI=1S/C15H14F2N2O4S/c1-3-6-21-14(20)18-13-19(8-9(2)24-13)10-4-5-11-12(7-10)23-15(16,17)22-11/h4-5,7-8H,3,6H2,1-2H3. The third-order valence-electron chi connectivity index (χ3n) is 3.05. The topological polar surface area (TPSA) is 62.0 Å². The Balaban J connectivity index is 1.97. The van der Waals surface area contributed by atoms with Crippen molar-refractivity contribution in [3.63, 3.8) is 0 Å². The van der Waals surface area contributed by atoms with Crippen LogP contribution in [0.3, 0.4) is 0 Å². The number of nitrogens with zero attached hydrogens (tertiary/aromatic N) is 2. The van der Waals surface area contributed by atoms with Gasteiger partial charge in [-0.2, -0.15) is 0 Å². The fraction of sp³-hybridized carbons (Fsp3) is 0.333. The Hall–Kier alpha value is -2.42. The van der Waals surface area contributed by atoms with E-state index in [0.29, 0.717) is 16.9 Å². The van der Waals surface area contributed by atoms with Crippen LogP contribution in [-0.2, 0) is 4.74 Å². The molecule has 0 N–H and O–H groups in total. The van der Waals surface area contributed by atoms with Crippen molar-refractivity contribution in [2.45, 2.75) is 26.6 Å². The molecule has 6 nitrogen and oxygen atoms in total. The quantitative estimate of drug-likeness (QED) is 0.843. The van der Waals surface area contributed by atoms with Gasteiger partial charge in [0.1, 0.15) is 0 Å². The molecular weight excluding hydrogens is 342 g/mol. The van der Waals surface area contributed by atoms with Crippen LogP contribution in [-0.4, -0.2) is 23.6 Å². The molecule has 0 saturated carbocycles. The Morgan fingerprint density at radius 1 is 1.38 bits per heavy atom. The Labute approximate surface area is 139 Å². The van der Waals surface area contributed by atoms with E-state index in [-0.39, 0.29) is 18.1 Å². The van der Waals surface area contributed by atoms with Gasteiger partial charge in [0.05, 0.1) is 12.3 Å². The summed E-state index contributed by atoms with van der Waals surface area (Å²) in [6, 6.07) is 4.36. The fourth-order valence-corrected chi connectivity index (χ4v) is 2.93. The average molecular weight is 356 g/mol. The van der Waals surface area contributed by atoms with Gasteiger partial charge in [-0.05, 0) is 25.5 Å². The van der Waals surface area contributed by atoms with Crippen molar-refractivity contribution in [1.29, 1.82) is 0 Å². The molecule has 0 saturated heterocycles. The zero-order valence-corrected chi connectivity index (χ0v) is 13.7. The molecule has 0 fully saturated rings. The third kappa shape index (κ3) is 3.40. The Bertz CT molecular complexity index is 844. The summed E-state index contributed by atoms with van der Waals surface area (Å²) in [5, 5.41) is 0. The van der Waals surface area contributed by atoms with Gasteiger partial charge in [0.25, 0.3) is 0 Å². The smallest absolute Gasteiger partial charge is 0.448 e. The highest BCUT2D eigenvalue weighted by molar-refractivity contribution is 7.09. The number of ether oxygens (including phenoxy) is 3. The van der Waals surface area contributed by atoms with E-state index in [0.717, 1.165) is 4.88 Å². The molecule has 1 aliphatic rings. The van der Waals surface area contributed by atoms with Gasteiger partial charge < -0.3 is 14.2 Å². The van der Waals surface area contributed by atoms with Crippen molar-refractivity contribution in [2.75, 3.05) is 6.61 Å². The molecule has 3 rings (SSSR count). The van der Waals surface area contributed by atoms with E-state index in [4.69, 9.17) is 4.74 Å². The van der Waals surface area contributed by atoms with Gasteiger partial charge in [0.2, 0.25) is 4.80 Å². The van der Waals surface area contributed by atoms with E-state index in [1.807, 2.05) is 13.8 Å². The first-order chi connectivity index (χ1) is 11.4. The molecule has 1 amide bonds. The molecule has 0 radical (unpaired) electrons. The maximum atomic E-state index is 13.1. The predicted molar refractivity (Wildman–Crippen MR) is 81.8 cm³/mol. The van der Waals surface area contributed by atoms with Crippen LogP contribution >= 0.6 is 11.3 Å². The molecular formula is C15H14F2N2O4S. The van der Waals surface area contributed by atoms with Gasteiger partial charge in [0.15, 0.2) is 11.5 Å². The SMILES string of the molecule is CCCOC(=O)N=c1sc(C)cn1-c1ccc2c(c1)OC(F)(F)O2. The van der Waals surface area contributed by atoms with Crippen LogP contribution in [0.4, 0.5) is 13.6 Å². The van der Waals surface area contributed by atoms with Crippen LogP contribution in [0.1, 0.15) is 18.2 Å². The number of hydrogen-bond donors (Lipinski definition) is 0. The lowest BCUT2D eigenvalue weighted by Gasteiger charge is -2.05. The van der Waals surface area contributed by atoms with E-state index in [1.165, 1.54) is 23.5 Å². The van der Waals surface area contributed by atoms with Gasteiger partial charge in [0, 0.05) is 17.1 Å². The maximum absolute atomic E-state index is 13.1. The molecule has 9 heteroatoms. The maximum Gasteiger partial charge on any atom is 0.586 e. The highest BCUT2D eigenvalue weighted by Gasteiger charge is 2.43. The Morgan fingerprint density at radius 2 is 2.12 bits per heavy atom. The number of aromatic nitrogens is 1. The van der Waals surface area contributed by atoms with E-state index < -0.39 is 12.4 Å². The number of fused-ring (bicyclic) bond motifs is 1. The summed E-state index contributed by atoms with van der Waals surface area (Å²) in [6.07, 6.45) is -1.93. The molecule has 2 heterocycles. The number of halogens is 2. The van der Waals surface area contributed by atoms with Crippen molar-refractivity contribution in [3.05, 3.63) is 34.1 Å². The van der Waals surface area contributed by atoms with Crippen molar-refractivity contribution in [1.82, 2.24) is 4.57 Å². The third-order valence-corrected chi connectivity index (χ3v) is 3.95. The number of benzene rings is 1. The number of thiazole rings is 1. The predicted octanol–water partition coefficient (Wildman–Crippen LogP) is 3.62. The summed E-state index contributed by atoms with van der Waals surface area (Å²) in [5.41, 5.74) is 0.515. The van der Waals surface area contributed by atoms with Gasteiger partial charge in [-0.1, -0.05) is 6.92 Å². The summed E-state index contributed by atoms with van der Waals surface area (Å²) in [6.45, 7) is 4.01. The molecule has 0 bridgehead atoms. The first kappa shape index (κ1) is 16.4. The van der Waals surface area contributed by atoms with Crippen LogP contribution in [0.5, 0.6) is 11.5 Å². The number of carbonyl (C=O) groups is 1. The number of aryl methyl sites for hydroxylation is 1. The molecule has 1 aromatic carbocycles. The van der Waals surface area contributed by atoms with Crippen LogP contribution < -0.4 is 14.3 Å². The van der Waals surface area contributed by atoms with Crippen molar-refractivity contribution in [3.8, 4) is 17.2 Å². The van der Waals surface area contributed by atoms with Crippen molar-refractivity contribution >= 4 is 17.4 Å². The summed E-state index contributed by atoms with van der Waals surface area (Å²) in [7, 11) is 0. The molecule has 0 aliphatic carbocycles. The lowest BCUT2D eigenvalue weighted by molar-refractivity contribution is -0.286. The second-order valence-corrected chi connectivity index (χ2v) is 6.23. The number of rotatable bonds is 3. The normalized spacial score (nSPS) is 15.6. The van der Waals surface area contributed by atoms with Crippen LogP contribution in [0.15, 0.2) is 29.4 Å². The number of carbonyl (C=O) groups excluding carboxylic acids is 1. The minimum atomic E-state index is -3.67. The van der Waals surface area contributed by atoms with Gasteiger partial charge >= 0.3 is 12.4 Å². The highest BCUT2D eigenvalue weighted by atomic mass is 32.1. The minimum absolute atomic E-state index is 0.0443. The van der Waals surface area contributed by atoms with Gasteiger partial charge in [-0.3, -0.25) is 4.57 Å². The van der Waals surface area contributed by atoms with Crippen molar-refractivity contribution in [2.24, 2.45) is 4.99 Å². The second-order valence-electron chi connectivity index (χ2n) is 5.02. The van der Waals surface area contributed by atoms with Gasteiger partial charge in [-0.15, -0.1) is 25.1 Å². The first-order valence-electron chi connectivity index (χ1n) is 7.19. The molecule has 128 valence electrons. The molecule has 1 aliphatic heterocycles. The summed E-state index contributed by atoms with van der Waals surface area (Å²) in [5.74, 6) is -0.120. The monoisotopic (exact) mass is 356 g/mol. The highest BCUT2D eigenvalue weighted by Crippen LogP contribution is 2.41. The van der Waals surface area contributed by atoms with E-state index >= 15 is 0 Å². The largest absolute Gasteiger partial charge is 0.586 e. The minimum Gasteiger partial charge on any atom is -0.448 e. The zero-order chi connectivity index (χ0) is 17.3. The number of amides is 1. The molecule has 2 aromatic rings. The molecule has 0 spiro atoms. The van der Waals surface area contributed by atoms with Crippen LogP contribution in [0, 0.1) is 6.92 Å². The lowest BCUT2D eigenvalue weighted by atomic mass is 10.3. The average Bonchev–Trinajstić information content (AvgIpc) is 3.01. The molecule has 0 atom stereocenters. The van der Waals surface area contributed by atoms with E-state index in [2.05, 4.69) is 14.5 Å². The Morgan fingerprint density at radius 3 is 2.88 bits per heavy atom. The lowest BCUT2D eigenvalue weighted by Crippen LogP contribution is -2.25. The number of alkyl halides is 2. The van der Waals surface area contributed by atoms with Crippen molar-refractivity contribution < 1.29 is 27.8 Å². The molecule has 1 aromatic heterocycles. The van der Waals surface area contributed by atoms with Gasteiger partial charge in [-0.25, -0.2) is 4.79 Å². The summed E-state index contributed by atoms with van der Waals surface area (Å²) < 4.78 is 41.6. The van der Waals surface area contributed by atoms with Crippen LogP contribution in [0.2, 0.25) is 0 Å². The van der Waals surface area contributed by atoms with Crippen LogP contribution in [0.25, 0.3) is 5.69 Å². The molecule has 24 heavy (non-hydrogen) atoms. The Kier molecular flexibility index (Phi) is 4.27. The second kappa shape index (κ2) is 6.23. The zero-order valence-electron chi connectivity index (χ0n) is 12.9. The first-order valence-corrected chi connectivity index (χ1v) is 8.00. The van der Waals surface area contributed by atoms with E-state index in [1.54, 1.807) is 16.8 Å².